The van der Waals surface area contributed by atoms with E-state index in [1.165, 1.54) is 0 Å². The highest BCUT2D eigenvalue weighted by atomic mass is 16.3. The minimum absolute atomic E-state index is 0.0609. The van der Waals surface area contributed by atoms with Gasteiger partial charge in [-0.1, -0.05) is 0 Å². The van der Waals surface area contributed by atoms with E-state index in [4.69, 9.17) is 5.11 Å². The molecule has 1 aromatic heterocycles. The maximum Gasteiger partial charge on any atom is 0.222 e. The summed E-state index contributed by atoms with van der Waals surface area (Å²) in [4.78, 5) is 16.8. The van der Waals surface area contributed by atoms with Crippen LogP contribution < -0.4 is 0 Å². The van der Waals surface area contributed by atoms with E-state index < -0.39 is 0 Å². The molecular weight excluding hydrogens is 194 g/mol. The summed E-state index contributed by atoms with van der Waals surface area (Å²) in [5, 5.41) is 8.95. The Morgan fingerprint density at radius 1 is 1.60 bits per heavy atom. The number of imidazole rings is 1. The predicted octanol–water partition coefficient (Wildman–Crippen LogP) is 0.244. The van der Waals surface area contributed by atoms with Crippen LogP contribution in [0.3, 0.4) is 0 Å². The number of hydrogen-bond donors (Lipinski definition) is 1. The zero-order valence-corrected chi connectivity index (χ0v) is 9.18. The fraction of sp³-hybridized carbons (Fsp3) is 0.600. The number of aryl methyl sites for hydroxylation is 1. The first-order valence-corrected chi connectivity index (χ1v) is 4.96. The largest absolute Gasteiger partial charge is 0.388 e. The van der Waals surface area contributed by atoms with Crippen LogP contribution in [0.5, 0.6) is 0 Å². The zero-order chi connectivity index (χ0) is 11.3. The maximum atomic E-state index is 11.3. The van der Waals surface area contributed by atoms with Crippen LogP contribution in [0.4, 0.5) is 0 Å². The van der Waals surface area contributed by atoms with Crippen LogP contribution >= 0.6 is 0 Å². The molecule has 0 aliphatic rings. The van der Waals surface area contributed by atoms with E-state index in [1.54, 1.807) is 25.2 Å². The molecular formula is C10H17N3O2. The van der Waals surface area contributed by atoms with Crippen LogP contribution in [0, 0.1) is 0 Å². The topological polar surface area (TPSA) is 58.4 Å². The molecule has 0 aliphatic heterocycles. The highest BCUT2D eigenvalue weighted by Crippen LogP contribution is 2.02. The van der Waals surface area contributed by atoms with Crippen LogP contribution in [0.2, 0.25) is 0 Å². The summed E-state index contributed by atoms with van der Waals surface area (Å²) in [6, 6.07) is 0. The molecule has 0 radical (unpaired) electrons. The van der Waals surface area contributed by atoms with Crippen LogP contribution in [0.25, 0.3) is 0 Å². The molecule has 0 bridgehead atoms. The van der Waals surface area contributed by atoms with Crippen molar-refractivity contribution in [1.29, 1.82) is 0 Å². The number of carbonyl (C=O) groups is 1. The molecule has 5 heteroatoms. The van der Waals surface area contributed by atoms with Crippen molar-refractivity contribution >= 4 is 5.91 Å². The number of aliphatic hydroxyl groups is 1. The van der Waals surface area contributed by atoms with Crippen molar-refractivity contribution < 1.29 is 9.90 Å². The van der Waals surface area contributed by atoms with Crippen molar-refractivity contribution in [3.8, 4) is 0 Å². The number of carbonyl (C=O) groups excluding carboxylic acids is 1. The van der Waals surface area contributed by atoms with Gasteiger partial charge in [-0.15, -0.1) is 0 Å². The first-order valence-electron chi connectivity index (χ1n) is 4.96. The number of hydrogen-bond acceptors (Lipinski definition) is 3. The summed E-state index contributed by atoms with van der Waals surface area (Å²) in [6.45, 7) is 0.657. The molecule has 1 N–H and O–H groups in total. The Bertz CT molecular complexity index is 320. The Balaban J connectivity index is 2.35. The Morgan fingerprint density at radius 2 is 2.33 bits per heavy atom. The molecule has 1 amide bonds. The van der Waals surface area contributed by atoms with Gasteiger partial charge in [0, 0.05) is 39.5 Å². The Morgan fingerprint density at radius 3 is 2.93 bits per heavy atom. The third-order valence-electron chi connectivity index (χ3n) is 2.23. The van der Waals surface area contributed by atoms with E-state index in [2.05, 4.69) is 4.98 Å². The SMILES string of the molecule is CN(C)C(=O)CCCn1ccnc1CO. The second-order valence-corrected chi connectivity index (χ2v) is 3.59. The number of aliphatic hydroxyl groups excluding tert-OH is 1. The van der Waals surface area contributed by atoms with Gasteiger partial charge in [-0.3, -0.25) is 4.79 Å². The molecule has 0 saturated carbocycles. The van der Waals surface area contributed by atoms with Gasteiger partial charge in [0.2, 0.25) is 5.91 Å². The van der Waals surface area contributed by atoms with Crippen LogP contribution in [0.15, 0.2) is 12.4 Å². The van der Waals surface area contributed by atoms with E-state index in [9.17, 15) is 4.79 Å². The first kappa shape index (κ1) is 11.7. The Kier molecular flexibility index (Phi) is 4.30. The predicted molar refractivity (Wildman–Crippen MR) is 56.1 cm³/mol. The molecule has 15 heavy (non-hydrogen) atoms. The maximum absolute atomic E-state index is 11.3. The van der Waals surface area contributed by atoms with Gasteiger partial charge >= 0.3 is 0 Å². The normalized spacial score (nSPS) is 10.3. The Hall–Kier alpha value is -1.36. The van der Waals surface area contributed by atoms with Gasteiger partial charge < -0.3 is 14.6 Å². The van der Waals surface area contributed by atoms with Crippen LogP contribution in [-0.4, -0.2) is 39.6 Å². The van der Waals surface area contributed by atoms with E-state index in [0.29, 0.717) is 12.2 Å². The zero-order valence-electron chi connectivity index (χ0n) is 9.18. The molecule has 0 saturated heterocycles. The minimum Gasteiger partial charge on any atom is -0.388 e. The first-order chi connectivity index (χ1) is 7.15. The molecule has 1 heterocycles. The van der Waals surface area contributed by atoms with Gasteiger partial charge in [0.1, 0.15) is 12.4 Å². The molecule has 0 unspecified atom stereocenters. The van der Waals surface area contributed by atoms with Gasteiger partial charge in [0.05, 0.1) is 0 Å². The monoisotopic (exact) mass is 211 g/mol. The number of amides is 1. The quantitative estimate of drug-likeness (QED) is 0.759. The molecule has 0 aliphatic carbocycles. The van der Waals surface area contributed by atoms with Crippen LogP contribution in [0.1, 0.15) is 18.7 Å². The lowest BCUT2D eigenvalue weighted by Crippen LogP contribution is -2.21. The average Bonchev–Trinajstić information content (AvgIpc) is 2.65. The molecule has 0 atom stereocenters. The molecule has 0 spiro atoms. The highest BCUT2D eigenvalue weighted by molar-refractivity contribution is 5.75. The molecule has 1 aromatic rings. The summed E-state index contributed by atoms with van der Waals surface area (Å²) >= 11 is 0. The van der Waals surface area contributed by atoms with E-state index in [1.807, 2.05) is 10.8 Å². The van der Waals surface area contributed by atoms with Crippen molar-refractivity contribution in [1.82, 2.24) is 14.5 Å². The van der Waals surface area contributed by atoms with Crippen molar-refractivity contribution in [2.24, 2.45) is 0 Å². The number of nitrogens with zero attached hydrogens (tertiary/aromatic N) is 3. The molecule has 1 rings (SSSR count). The lowest BCUT2D eigenvalue weighted by molar-refractivity contribution is -0.128. The van der Waals surface area contributed by atoms with Gasteiger partial charge in [0.15, 0.2) is 0 Å². The van der Waals surface area contributed by atoms with Crippen LogP contribution in [-0.2, 0) is 17.9 Å². The molecule has 0 fully saturated rings. The lowest BCUT2D eigenvalue weighted by atomic mass is 10.3. The van der Waals surface area contributed by atoms with Gasteiger partial charge in [-0.05, 0) is 6.42 Å². The second kappa shape index (κ2) is 5.50. The molecule has 5 nitrogen and oxygen atoms in total. The Labute approximate surface area is 89.3 Å². The fourth-order valence-corrected chi connectivity index (χ4v) is 1.32. The highest BCUT2D eigenvalue weighted by Gasteiger charge is 2.05. The fourth-order valence-electron chi connectivity index (χ4n) is 1.32. The summed E-state index contributed by atoms with van der Waals surface area (Å²) in [5.41, 5.74) is 0. The van der Waals surface area contributed by atoms with Crippen molar-refractivity contribution in [3.05, 3.63) is 18.2 Å². The minimum atomic E-state index is -0.0609. The average molecular weight is 211 g/mol. The summed E-state index contributed by atoms with van der Waals surface area (Å²) in [6.07, 6.45) is 4.75. The van der Waals surface area contributed by atoms with E-state index in [0.717, 1.165) is 13.0 Å². The van der Waals surface area contributed by atoms with Gasteiger partial charge in [-0.2, -0.15) is 0 Å². The van der Waals surface area contributed by atoms with Gasteiger partial charge in [0.25, 0.3) is 0 Å². The third kappa shape index (κ3) is 3.36. The van der Waals surface area contributed by atoms with E-state index in [-0.39, 0.29) is 12.5 Å². The summed E-state index contributed by atoms with van der Waals surface area (Å²) in [5.74, 6) is 0.771. The smallest absolute Gasteiger partial charge is 0.222 e. The molecule has 84 valence electrons. The summed E-state index contributed by atoms with van der Waals surface area (Å²) in [7, 11) is 3.50. The van der Waals surface area contributed by atoms with Gasteiger partial charge in [-0.25, -0.2) is 4.98 Å². The van der Waals surface area contributed by atoms with Crippen molar-refractivity contribution in [2.75, 3.05) is 14.1 Å². The van der Waals surface area contributed by atoms with Crippen molar-refractivity contribution in [3.63, 3.8) is 0 Å². The summed E-state index contributed by atoms with van der Waals surface area (Å²) < 4.78 is 1.86. The number of rotatable bonds is 5. The molecule has 0 aromatic carbocycles. The third-order valence-corrected chi connectivity index (χ3v) is 2.23. The lowest BCUT2D eigenvalue weighted by Gasteiger charge is -2.10. The van der Waals surface area contributed by atoms with Crippen molar-refractivity contribution in [2.45, 2.75) is 26.0 Å². The standard InChI is InChI=1S/C10H17N3O2/c1-12(2)10(15)4-3-6-13-7-5-11-9(13)8-14/h5,7,14H,3-4,6,8H2,1-2H3. The number of aromatic nitrogens is 2. The van der Waals surface area contributed by atoms with E-state index >= 15 is 0 Å². The second-order valence-electron chi connectivity index (χ2n) is 3.59.